The van der Waals surface area contributed by atoms with E-state index in [-0.39, 0.29) is 11.4 Å². The van der Waals surface area contributed by atoms with E-state index in [2.05, 4.69) is 10.6 Å². The van der Waals surface area contributed by atoms with Gasteiger partial charge in [-0.2, -0.15) is 0 Å². The molecule has 8 heteroatoms. The van der Waals surface area contributed by atoms with Gasteiger partial charge in [0.1, 0.15) is 0 Å². The zero-order valence-electron chi connectivity index (χ0n) is 12.1. The van der Waals surface area contributed by atoms with E-state index in [1.54, 1.807) is 19.1 Å². The van der Waals surface area contributed by atoms with Crippen LogP contribution < -0.4 is 10.6 Å². The Morgan fingerprint density at radius 3 is 1.78 bits per heavy atom. The van der Waals surface area contributed by atoms with Crippen LogP contribution in [0.2, 0.25) is 0 Å². The Balaban J connectivity index is 2.92. The van der Waals surface area contributed by atoms with Crippen molar-refractivity contribution in [3.63, 3.8) is 0 Å². The number of aliphatic carboxylic acids is 2. The summed E-state index contributed by atoms with van der Waals surface area (Å²) in [6, 6.07) is 4.78. The monoisotopic (exact) mass is 318 g/mol. The third kappa shape index (κ3) is 6.71. The number of carboxylic acid groups (broad SMARTS) is 2. The number of nitrogens with one attached hydrogen (secondary N) is 2. The minimum Gasteiger partial charge on any atom is -0.478 e. The Morgan fingerprint density at radius 2 is 1.30 bits per heavy atom. The van der Waals surface area contributed by atoms with Gasteiger partial charge in [0.25, 0.3) is 0 Å². The smallest absolute Gasteiger partial charge is 0.328 e. The number of anilines is 2. The fourth-order valence-corrected chi connectivity index (χ4v) is 1.51. The summed E-state index contributed by atoms with van der Waals surface area (Å²) >= 11 is 0. The van der Waals surface area contributed by atoms with Crippen molar-refractivity contribution in [3.8, 4) is 0 Å². The SMILES string of the molecule is Cc1ccc(NC(=O)/C=C\C(=O)O)c(NC(=O)/C=C/C(=O)O)c1. The first-order chi connectivity index (χ1) is 10.8. The fourth-order valence-electron chi connectivity index (χ4n) is 1.51. The number of carboxylic acids is 2. The van der Waals surface area contributed by atoms with Gasteiger partial charge in [0, 0.05) is 24.3 Å². The number of aryl methyl sites for hydroxylation is 1. The van der Waals surface area contributed by atoms with Crippen LogP contribution in [0.25, 0.3) is 0 Å². The largest absolute Gasteiger partial charge is 0.478 e. The molecule has 1 aromatic carbocycles. The second-order valence-corrected chi connectivity index (χ2v) is 4.37. The number of carbonyl (C=O) groups excluding carboxylic acids is 2. The van der Waals surface area contributed by atoms with Gasteiger partial charge in [-0.3, -0.25) is 9.59 Å². The number of rotatable bonds is 6. The summed E-state index contributed by atoms with van der Waals surface area (Å²) in [5.41, 5.74) is 1.29. The summed E-state index contributed by atoms with van der Waals surface area (Å²) in [5.74, 6) is -3.91. The Bertz CT molecular complexity index is 706. The van der Waals surface area contributed by atoms with Gasteiger partial charge in [-0.05, 0) is 24.6 Å². The molecule has 0 aliphatic heterocycles. The van der Waals surface area contributed by atoms with Crippen molar-refractivity contribution >= 4 is 35.1 Å². The zero-order chi connectivity index (χ0) is 17.4. The summed E-state index contributed by atoms with van der Waals surface area (Å²) in [4.78, 5) is 43.9. The van der Waals surface area contributed by atoms with Crippen LogP contribution >= 0.6 is 0 Å². The number of hydrogen-bond acceptors (Lipinski definition) is 4. The van der Waals surface area contributed by atoms with E-state index in [0.29, 0.717) is 12.2 Å². The summed E-state index contributed by atoms with van der Waals surface area (Å²) < 4.78 is 0. The van der Waals surface area contributed by atoms with Crippen LogP contribution in [-0.4, -0.2) is 34.0 Å². The highest BCUT2D eigenvalue weighted by Gasteiger charge is 2.08. The van der Waals surface area contributed by atoms with Gasteiger partial charge >= 0.3 is 11.9 Å². The van der Waals surface area contributed by atoms with E-state index in [0.717, 1.165) is 17.7 Å². The summed E-state index contributed by atoms with van der Waals surface area (Å²) in [5, 5.41) is 21.8. The summed E-state index contributed by atoms with van der Waals surface area (Å²) in [6.07, 6.45) is 3.02. The van der Waals surface area contributed by atoms with Crippen molar-refractivity contribution in [1.29, 1.82) is 0 Å². The minimum atomic E-state index is -1.27. The van der Waals surface area contributed by atoms with Gasteiger partial charge in [0.15, 0.2) is 0 Å². The molecule has 0 heterocycles. The Kier molecular flexibility index (Phi) is 6.23. The highest BCUT2D eigenvalue weighted by Crippen LogP contribution is 2.23. The number of amides is 2. The average molecular weight is 318 g/mol. The maximum absolute atomic E-state index is 11.6. The van der Waals surface area contributed by atoms with Gasteiger partial charge in [-0.15, -0.1) is 0 Å². The first-order valence-corrected chi connectivity index (χ1v) is 6.32. The molecule has 0 unspecified atom stereocenters. The van der Waals surface area contributed by atoms with Crippen LogP contribution in [0.1, 0.15) is 5.56 Å². The molecule has 0 fully saturated rings. The first-order valence-electron chi connectivity index (χ1n) is 6.32. The second kappa shape index (κ2) is 8.13. The molecule has 0 bridgehead atoms. The van der Waals surface area contributed by atoms with Crippen molar-refractivity contribution in [2.75, 3.05) is 10.6 Å². The summed E-state index contributed by atoms with van der Waals surface area (Å²) in [7, 11) is 0. The predicted molar refractivity (Wildman–Crippen MR) is 82.0 cm³/mol. The molecule has 120 valence electrons. The molecule has 0 saturated heterocycles. The molecule has 1 aromatic rings. The highest BCUT2D eigenvalue weighted by atomic mass is 16.4. The molecule has 0 aliphatic carbocycles. The van der Waals surface area contributed by atoms with Crippen LogP contribution in [0.5, 0.6) is 0 Å². The molecule has 8 nitrogen and oxygen atoms in total. The van der Waals surface area contributed by atoms with E-state index in [1.165, 1.54) is 6.07 Å². The lowest BCUT2D eigenvalue weighted by Crippen LogP contribution is -2.14. The predicted octanol–water partition coefficient (Wildman–Crippen LogP) is 1.15. The van der Waals surface area contributed by atoms with Crippen molar-refractivity contribution < 1.29 is 29.4 Å². The molecule has 0 radical (unpaired) electrons. The van der Waals surface area contributed by atoms with Gasteiger partial charge in [-0.25, -0.2) is 9.59 Å². The Hall–Kier alpha value is -3.42. The van der Waals surface area contributed by atoms with E-state index in [4.69, 9.17) is 10.2 Å². The quantitative estimate of drug-likeness (QED) is 0.582. The second-order valence-electron chi connectivity index (χ2n) is 4.37. The topological polar surface area (TPSA) is 133 Å². The van der Waals surface area contributed by atoms with E-state index < -0.39 is 23.8 Å². The number of benzene rings is 1. The van der Waals surface area contributed by atoms with Crippen LogP contribution in [0.4, 0.5) is 11.4 Å². The van der Waals surface area contributed by atoms with Gasteiger partial charge in [0.05, 0.1) is 11.4 Å². The lowest BCUT2D eigenvalue weighted by molar-refractivity contribution is -0.132. The third-order valence-corrected chi connectivity index (χ3v) is 2.45. The molecule has 1 rings (SSSR count). The van der Waals surface area contributed by atoms with Crippen LogP contribution in [0.3, 0.4) is 0 Å². The zero-order valence-corrected chi connectivity index (χ0v) is 12.1. The van der Waals surface area contributed by atoms with Gasteiger partial charge in [-0.1, -0.05) is 6.07 Å². The highest BCUT2D eigenvalue weighted by molar-refractivity contribution is 6.08. The molecule has 4 N–H and O–H groups in total. The van der Waals surface area contributed by atoms with Crippen molar-refractivity contribution in [2.45, 2.75) is 6.92 Å². The molecular weight excluding hydrogens is 304 g/mol. The minimum absolute atomic E-state index is 0.243. The van der Waals surface area contributed by atoms with E-state index >= 15 is 0 Å². The molecule has 0 spiro atoms. The van der Waals surface area contributed by atoms with Crippen molar-refractivity contribution in [3.05, 3.63) is 48.1 Å². The first kappa shape index (κ1) is 17.6. The molecule has 0 saturated carbocycles. The van der Waals surface area contributed by atoms with Crippen LogP contribution in [-0.2, 0) is 19.2 Å². The molecule has 0 aliphatic rings. The van der Waals surface area contributed by atoms with Crippen molar-refractivity contribution in [1.82, 2.24) is 0 Å². The Labute approximate surface area is 131 Å². The lowest BCUT2D eigenvalue weighted by Gasteiger charge is -2.11. The fraction of sp³-hybridized carbons (Fsp3) is 0.0667. The number of carbonyl (C=O) groups is 4. The average Bonchev–Trinajstić information content (AvgIpc) is 2.46. The van der Waals surface area contributed by atoms with E-state index in [9.17, 15) is 19.2 Å². The Morgan fingerprint density at radius 1 is 0.826 bits per heavy atom. The third-order valence-electron chi connectivity index (χ3n) is 2.45. The molecular formula is C15H14N2O6. The normalized spacial score (nSPS) is 10.7. The van der Waals surface area contributed by atoms with Crippen molar-refractivity contribution in [2.24, 2.45) is 0 Å². The molecule has 23 heavy (non-hydrogen) atoms. The van der Waals surface area contributed by atoms with Gasteiger partial charge in [0.2, 0.25) is 11.8 Å². The molecule has 0 aromatic heterocycles. The maximum atomic E-state index is 11.6. The lowest BCUT2D eigenvalue weighted by atomic mass is 10.2. The van der Waals surface area contributed by atoms with E-state index in [1.807, 2.05) is 0 Å². The van der Waals surface area contributed by atoms with Crippen LogP contribution in [0, 0.1) is 6.92 Å². The summed E-state index contributed by atoms with van der Waals surface area (Å²) in [6.45, 7) is 1.76. The number of hydrogen-bond donors (Lipinski definition) is 4. The van der Waals surface area contributed by atoms with Gasteiger partial charge < -0.3 is 20.8 Å². The maximum Gasteiger partial charge on any atom is 0.328 e. The molecule has 2 amide bonds. The molecule has 0 atom stereocenters. The standard InChI is InChI=1S/C15H14N2O6/c1-9-2-3-10(16-12(18)4-6-14(20)21)11(8-9)17-13(19)5-7-15(22)23/h2-8H,1H3,(H,16,18)(H,17,19)(H,20,21)(H,22,23)/b6-4-,7-5+. The van der Waals surface area contributed by atoms with Crippen LogP contribution in [0.15, 0.2) is 42.5 Å².